The zero-order valence-electron chi connectivity index (χ0n) is 14.3. The van der Waals surface area contributed by atoms with Crippen LogP contribution in [-0.2, 0) is 11.3 Å². The van der Waals surface area contributed by atoms with E-state index in [9.17, 15) is 0 Å². The molecule has 2 aliphatic heterocycles. The highest BCUT2D eigenvalue weighted by molar-refractivity contribution is 5.22. The van der Waals surface area contributed by atoms with Crippen molar-refractivity contribution in [2.45, 2.75) is 58.4 Å². The molecule has 2 atom stereocenters. The van der Waals surface area contributed by atoms with E-state index in [2.05, 4.69) is 54.8 Å². The summed E-state index contributed by atoms with van der Waals surface area (Å²) >= 11 is 0. The second-order valence-corrected chi connectivity index (χ2v) is 7.21. The van der Waals surface area contributed by atoms with Crippen molar-refractivity contribution in [3.05, 3.63) is 35.4 Å². The molecule has 0 saturated carbocycles. The predicted octanol–water partition coefficient (Wildman–Crippen LogP) is 3.07. The number of rotatable bonds is 3. The Morgan fingerprint density at radius 1 is 1.09 bits per heavy atom. The Kier molecular flexibility index (Phi) is 5.17. The summed E-state index contributed by atoms with van der Waals surface area (Å²) in [6.07, 6.45) is 3.36. The molecule has 22 heavy (non-hydrogen) atoms. The molecule has 0 aromatic heterocycles. The van der Waals surface area contributed by atoms with Crippen LogP contribution in [0.5, 0.6) is 0 Å². The molecule has 0 bridgehead atoms. The summed E-state index contributed by atoms with van der Waals surface area (Å²) in [4.78, 5) is 5.28. The molecule has 2 aliphatic rings. The van der Waals surface area contributed by atoms with Crippen LogP contribution < -0.4 is 0 Å². The summed E-state index contributed by atoms with van der Waals surface area (Å²) in [6.45, 7) is 12.3. The maximum absolute atomic E-state index is 5.87. The minimum absolute atomic E-state index is 0.383. The van der Waals surface area contributed by atoms with Crippen molar-refractivity contribution in [2.24, 2.45) is 0 Å². The molecule has 0 radical (unpaired) electrons. The Morgan fingerprint density at radius 3 is 2.41 bits per heavy atom. The highest BCUT2D eigenvalue weighted by Crippen LogP contribution is 2.22. The van der Waals surface area contributed by atoms with Crippen LogP contribution in [0.25, 0.3) is 0 Å². The van der Waals surface area contributed by atoms with E-state index in [4.69, 9.17) is 4.74 Å². The van der Waals surface area contributed by atoms with Crippen LogP contribution in [0.2, 0.25) is 0 Å². The zero-order valence-corrected chi connectivity index (χ0v) is 14.3. The molecule has 3 heteroatoms. The lowest BCUT2D eigenvalue weighted by atomic mass is 10.0. The number of piperidine rings is 1. The average Bonchev–Trinajstić information content (AvgIpc) is 2.47. The van der Waals surface area contributed by atoms with E-state index in [0.29, 0.717) is 12.2 Å². The van der Waals surface area contributed by atoms with Crippen molar-refractivity contribution in [3.63, 3.8) is 0 Å². The van der Waals surface area contributed by atoms with Gasteiger partial charge in [-0.15, -0.1) is 0 Å². The average molecular weight is 302 g/mol. The van der Waals surface area contributed by atoms with Gasteiger partial charge in [-0.2, -0.15) is 0 Å². The molecule has 2 heterocycles. The number of aryl methyl sites for hydroxylation is 1. The van der Waals surface area contributed by atoms with Gasteiger partial charge < -0.3 is 4.74 Å². The molecular weight excluding hydrogens is 272 g/mol. The van der Waals surface area contributed by atoms with Crippen molar-refractivity contribution in [1.82, 2.24) is 9.80 Å². The van der Waals surface area contributed by atoms with Gasteiger partial charge in [0.1, 0.15) is 0 Å². The minimum atomic E-state index is 0.383. The number of hydrogen-bond donors (Lipinski definition) is 0. The van der Waals surface area contributed by atoms with Crippen LogP contribution in [-0.4, -0.2) is 54.2 Å². The summed E-state index contributed by atoms with van der Waals surface area (Å²) in [5.41, 5.74) is 2.82. The molecule has 0 N–H and O–H groups in total. The monoisotopic (exact) mass is 302 g/mol. The van der Waals surface area contributed by atoms with E-state index in [1.165, 1.54) is 37.1 Å². The molecule has 1 aromatic rings. The van der Waals surface area contributed by atoms with Gasteiger partial charge in [0.25, 0.3) is 0 Å². The molecule has 3 nitrogen and oxygen atoms in total. The number of ether oxygens (including phenoxy) is 1. The third-order valence-corrected chi connectivity index (χ3v) is 5.01. The number of nitrogens with zero attached hydrogens (tertiary/aromatic N) is 2. The topological polar surface area (TPSA) is 15.7 Å². The normalized spacial score (nSPS) is 28.9. The fourth-order valence-corrected chi connectivity index (χ4v) is 4.03. The standard InChI is InChI=1S/C19H30N2O/c1-15-5-4-6-18(11-15)14-20-9-7-19(8-10-20)21-12-16(2)22-17(3)13-21/h4-6,11,16-17,19H,7-10,12-14H2,1-3H3/t16-,17-/m0/s1. The molecular formula is C19H30N2O. The largest absolute Gasteiger partial charge is 0.373 e. The van der Waals surface area contributed by atoms with Gasteiger partial charge in [-0.3, -0.25) is 9.80 Å². The molecule has 0 spiro atoms. The van der Waals surface area contributed by atoms with Crippen molar-refractivity contribution in [3.8, 4) is 0 Å². The minimum Gasteiger partial charge on any atom is -0.373 e. The lowest BCUT2D eigenvalue weighted by Gasteiger charge is -2.43. The van der Waals surface area contributed by atoms with Crippen LogP contribution in [0.4, 0.5) is 0 Å². The SMILES string of the molecule is Cc1cccc(CN2CCC(N3C[C@H](C)O[C@@H](C)C3)CC2)c1. The molecule has 0 amide bonds. The summed E-state index contributed by atoms with van der Waals surface area (Å²) in [7, 11) is 0. The van der Waals surface area contributed by atoms with Crippen LogP contribution >= 0.6 is 0 Å². The predicted molar refractivity (Wildman–Crippen MR) is 91.1 cm³/mol. The van der Waals surface area contributed by atoms with Crippen LogP contribution in [0.15, 0.2) is 24.3 Å². The Morgan fingerprint density at radius 2 is 1.77 bits per heavy atom. The summed E-state index contributed by atoms with van der Waals surface area (Å²) in [5, 5.41) is 0. The lowest BCUT2D eigenvalue weighted by Crippen LogP contribution is -2.53. The fraction of sp³-hybridized carbons (Fsp3) is 0.684. The van der Waals surface area contributed by atoms with E-state index < -0.39 is 0 Å². The van der Waals surface area contributed by atoms with E-state index >= 15 is 0 Å². The maximum Gasteiger partial charge on any atom is 0.0678 e. The van der Waals surface area contributed by atoms with Crippen LogP contribution in [0, 0.1) is 6.92 Å². The third kappa shape index (κ3) is 4.09. The zero-order chi connectivity index (χ0) is 15.5. The molecule has 1 aromatic carbocycles. The lowest BCUT2D eigenvalue weighted by molar-refractivity contribution is -0.0865. The third-order valence-electron chi connectivity index (χ3n) is 5.01. The number of hydrogen-bond acceptors (Lipinski definition) is 3. The Bertz CT molecular complexity index is 472. The van der Waals surface area contributed by atoms with Gasteiger partial charge in [0.05, 0.1) is 12.2 Å². The maximum atomic E-state index is 5.87. The first kappa shape index (κ1) is 16.0. The molecule has 0 unspecified atom stereocenters. The first-order valence-corrected chi connectivity index (χ1v) is 8.77. The van der Waals surface area contributed by atoms with E-state index in [1.54, 1.807) is 0 Å². The van der Waals surface area contributed by atoms with Gasteiger partial charge in [0, 0.05) is 25.7 Å². The number of benzene rings is 1. The van der Waals surface area contributed by atoms with E-state index in [-0.39, 0.29) is 0 Å². The van der Waals surface area contributed by atoms with Gasteiger partial charge in [-0.05, 0) is 52.3 Å². The first-order valence-electron chi connectivity index (χ1n) is 8.77. The molecule has 2 saturated heterocycles. The van der Waals surface area contributed by atoms with Crippen LogP contribution in [0.3, 0.4) is 0 Å². The van der Waals surface area contributed by atoms with Crippen LogP contribution in [0.1, 0.15) is 37.8 Å². The van der Waals surface area contributed by atoms with Crippen molar-refractivity contribution < 1.29 is 4.74 Å². The van der Waals surface area contributed by atoms with Gasteiger partial charge in [-0.25, -0.2) is 0 Å². The Hall–Kier alpha value is -0.900. The first-order chi connectivity index (χ1) is 10.6. The van der Waals surface area contributed by atoms with Crippen molar-refractivity contribution >= 4 is 0 Å². The molecule has 0 aliphatic carbocycles. The second kappa shape index (κ2) is 7.12. The highest BCUT2D eigenvalue weighted by atomic mass is 16.5. The van der Waals surface area contributed by atoms with E-state index in [0.717, 1.165) is 25.7 Å². The number of morpholine rings is 1. The number of likely N-dealkylation sites (tertiary alicyclic amines) is 1. The Labute approximate surface area is 135 Å². The molecule has 3 rings (SSSR count). The van der Waals surface area contributed by atoms with Crippen molar-refractivity contribution in [1.29, 1.82) is 0 Å². The quantitative estimate of drug-likeness (QED) is 0.853. The van der Waals surface area contributed by atoms with Gasteiger partial charge >= 0.3 is 0 Å². The van der Waals surface area contributed by atoms with Crippen molar-refractivity contribution in [2.75, 3.05) is 26.2 Å². The van der Waals surface area contributed by atoms with Gasteiger partial charge in [0.15, 0.2) is 0 Å². The Balaban J connectivity index is 1.50. The summed E-state index contributed by atoms with van der Waals surface area (Å²) < 4.78 is 5.87. The van der Waals surface area contributed by atoms with E-state index in [1.807, 2.05) is 0 Å². The second-order valence-electron chi connectivity index (χ2n) is 7.21. The summed E-state index contributed by atoms with van der Waals surface area (Å²) in [6, 6.07) is 9.68. The summed E-state index contributed by atoms with van der Waals surface area (Å²) in [5.74, 6) is 0. The smallest absolute Gasteiger partial charge is 0.0678 e. The molecule has 2 fully saturated rings. The molecule has 122 valence electrons. The van der Waals surface area contributed by atoms with Gasteiger partial charge in [-0.1, -0.05) is 29.8 Å². The van der Waals surface area contributed by atoms with Gasteiger partial charge in [0.2, 0.25) is 0 Å². The fourth-order valence-electron chi connectivity index (χ4n) is 4.03. The highest BCUT2D eigenvalue weighted by Gasteiger charge is 2.30.